The fourth-order valence-electron chi connectivity index (χ4n) is 3.41. The molecule has 0 spiro atoms. The van der Waals surface area contributed by atoms with Gasteiger partial charge in [0.1, 0.15) is 0 Å². The normalized spacial score (nSPS) is 15.2. The molecular weight excluding hydrogens is 380 g/mol. The Balaban J connectivity index is 2.18. The molecule has 0 bridgehead atoms. The Morgan fingerprint density at radius 1 is 0.733 bits per heavy atom. The van der Waals surface area contributed by atoms with Gasteiger partial charge in [-0.05, 0) is 44.9 Å². The Kier molecular flexibility index (Phi) is 13.3. The molecule has 0 saturated carbocycles. The maximum atomic E-state index is 12.4. The zero-order valence-corrected chi connectivity index (χ0v) is 18.9. The smallest absolute Gasteiger partial charge is 0.266 e. The van der Waals surface area contributed by atoms with Crippen LogP contribution >= 0.6 is 0 Å². The summed E-state index contributed by atoms with van der Waals surface area (Å²) in [5.41, 5.74) is 0.128. The molecule has 0 radical (unpaired) electrons. The van der Waals surface area contributed by atoms with Crippen LogP contribution in [0, 0.1) is 0 Å². The van der Waals surface area contributed by atoms with Crippen molar-refractivity contribution < 1.29 is 24.2 Å². The molecule has 0 aliphatic heterocycles. The lowest BCUT2D eigenvalue weighted by molar-refractivity contribution is -0.123. The van der Waals surface area contributed by atoms with Crippen molar-refractivity contribution in [2.75, 3.05) is 14.2 Å². The van der Waals surface area contributed by atoms with Crippen LogP contribution < -0.4 is 0 Å². The minimum absolute atomic E-state index is 0.127. The summed E-state index contributed by atoms with van der Waals surface area (Å²) in [4.78, 5) is 24.5. The summed E-state index contributed by atoms with van der Waals surface area (Å²) in [6.45, 7) is 2.22. The summed E-state index contributed by atoms with van der Waals surface area (Å²) in [7, 11) is 2.59. The number of aliphatic hydroxyl groups excluding tert-OH is 1. The number of allylic oxidation sites excluding steroid dienone is 5. The Labute approximate surface area is 181 Å². The molecule has 0 heterocycles. The van der Waals surface area contributed by atoms with Crippen molar-refractivity contribution >= 4 is 11.6 Å². The molecule has 5 nitrogen and oxygen atoms in total. The van der Waals surface area contributed by atoms with E-state index in [1.165, 1.54) is 39.9 Å². The van der Waals surface area contributed by atoms with E-state index in [4.69, 9.17) is 9.47 Å². The molecule has 0 saturated heterocycles. The maximum Gasteiger partial charge on any atom is 0.266 e. The van der Waals surface area contributed by atoms with Crippen molar-refractivity contribution in [3.63, 3.8) is 0 Å². The first-order chi connectivity index (χ1) is 14.6. The first-order valence-electron chi connectivity index (χ1n) is 11.2. The second-order valence-corrected chi connectivity index (χ2v) is 7.53. The van der Waals surface area contributed by atoms with Gasteiger partial charge in [0.05, 0.1) is 14.2 Å². The highest BCUT2D eigenvalue weighted by molar-refractivity contribution is 6.22. The minimum atomic E-state index is -0.688. The van der Waals surface area contributed by atoms with Crippen LogP contribution in [0.15, 0.2) is 47.2 Å². The molecule has 5 heteroatoms. The number of Topliss-reactive ketones (excluding diaryl/α,β-unsaturated/α-hetero) is 2. The van der Waals surface area contributed by atoms with Crippen molar-refractivity contribution in [3.8, 4) is 0 Å². The first-order valence-corrected chi connectivity index (χ1v) is 11.2. The quantitative estimate of drug-likeness (QED) is 0.182. The molecule has 0 aromatic heterocycles. The van der Waals surface area contributed by atoms with E-state index in [0.717, 1.165) is 44.9 Å². The molecule has 0 amide bonds. The fourth-order valence-corrected chi connectivity index (χ4v) is 3.41. The zero-order chi connectivity index (χ0) is 22.2. The number of ketones is 2. The fraction of sp³-hybridized carbons (Fsp3) is 0.600. The van der Waals surface area contributed by atoms with E-state index in [9.17, 15) is 14.7 Å². The highest BCUT2D eigenvalue weighted by atomic mass is 16.5. The highest BCUT2D eigenvalue weighted by Gasteiger charge is 2.36. The third-order valence-corrected chi connectivity index (χ3v) is 5.18. The summed E-state index contributed by atoms with van der Waals surface area (Å²) in [6, 6.07) is 0. The van der Waals surface area contributed by atoms with Gasteiger partial charge in [-0.1, -0.05) is 63.3 Å². The number of hydrogen-bond donors (Lipinski definition) is 1. The number of carbonyl (C=O) groups is 2. The Hall–Kier alpha value is -2.30. The number of rotatable bonds is 16. The molecule has 1 N–H and O–H groups in total. The predicted molar refractivity (Wildman–Crippen MR) is 120 cm³/mol. The lowest BCUT2D eigenvalue weighted by Crippen LogP contribution is -2.26. The van der Waals surface area contributed by atoms with E-state index in [-0.39, 0.29) is 17.1 Å². The summed E-state index contributed by atoms with van der Waals surface area (Å²) < 4.78 is 9.92. The highest BCUT2D eigenvalue weighted by Crippen LogP contribution is 2.27. The predicted octanol–water partition coefficient (Wildman–Crippen LogP) is 6.27. The monoisotopic (exact) mass is 418 g/mol. The van der Waals surface area contributed by atoms with Crippen LogP contribution in [-0.4, -0.2) is 30.9 Å². The van der Waals surface area contributed by atoms with E-state index in [1.807, 2.05) is 0 Å². The molecule has 0 atom stereocenters. The van der Waals surface area contributed by atoms with Crippen LogP contribution in [-0.2, 0) is 19.1 Å². The summed E-state index contributed by atoms with van der Waals surface area (Å²) in [6.07, 6.45) is 21.6. The first kappa shape index (κ1) is 25.7. The van der Waals surface area contributed by atoms with Crippen LogP contribution in [0.3, 0.4) is 0 Å². The summed E-state index contributed by atoms with van der Waals surface area (Å²) in [5, 5.41) is 10.1. The zero-order valence-electron chi connectivity index (χ0n) is 18.9. The maximum absolute atomic E-state index is 12.4. The van der Waals surface area contributed by atoms with Gasteiger partial charge in [0, 0.05) is 5.57 Å². The molecule has 168 valence electrons. The van der Waals surface area contributed by atoms with Crippen molar-refractivity contribution in [2.24, 2.45) is 0 Å². The third kappa shape index (κ3) is 8.60. The number of unbranched alkanes of at least 4 members (excludes halogenated alkanes) is 8. The Morgan fingerprint density at radius 2 is 1.27 bits per heavy atom. The second-order valence-electron chi connectivity index (χ2n) is 7.53. The molecular formula is C25H38O5. The van der Waals surface area contributed by atoms with Crippen LogP contribution in [0.2, 0.25) is 0 Å². The van der Waals surface area contributed by atoms with Crippen molar-refractivity contribution in [2.45, 2.75) is 84.0 Å². The third-order valence-electron chi connectivity index (χ3n) is 5.18. The van der Waals surface area contributed by atoms with E-state index in [0.29, 0.717) is 6.42 Å². The van der Waals surface area contributed by atoms with Crippen LogP contribution in [0.25, 0.3) is 0 Å². The van der Waals surface area contributed by atoms with Crippen molar-refractivity contribution in [1.82, 2.24) is 0 Å². The van der Waals surface area contributed by atoms with Crippen LogP contribution in [0.1, 0.15) is 84.0 Å². The molecule has 1 aliphatic carbocycles. The topological polar surface area (TPSA) is 72.8 Å². The lowest BCUT2D eigenvalue weighted by Gasteiger charge is -2.18. The molecule has 0 aromatic carbocycles. The lowest BCUT2D eigenvalue weighted by atomic mass is 9.93. The van der Waals surface area contributed by atoms with Crippen LogP contribution in [0.5, 0.6) is 0 Å². The Bertz CT molecular complexity index is 667. The Morgan fingerprint density at radius 3 is 1.87 bits per heavy atom. The van der Waals surface area contributed by atoms with Crippen molar-refractivity contribution in [1.29, 1.82) is 0 Å². The summed E-state index contributed by atoms with van der Waals surface area (Å²) >= 11 is 0. The number of methoxy groups -OCH3 is 2. The number of hydrogen-bond acceptors (Lipinski definition) is 5. The molecule has 0 aromatic rings. The van der Waals surface area contributed by atoms with Gasteiger partial charge in [0.15, 0.2) is 5.76 Å². The summed E-state index contributed by atoms with van der Waals surface area (Å²) in [5.74, 6) is -2.02. The number of aliphatic hydroxyl groups is 1. The number of carbonyl (C=O) groups excluding carboxylic acids is 2. The van der Waals surface area contributed by atoms with Gasteiger partial charge in [-0.15, -0.1) is 0 Å². The largest absolute Gasteiger partial charge is 0.504 e. The standard InChI is InChI=1S/C25H38O5/c1-4-5-6-7-8-9-10-11-12-13-14-15-16-17-18-19-20-21(26)23(28)25(30-3)24(29-2)22(20)27/h8-9,11-12,26H,4-7,10,13-19H2,1-3H3/b9-8+,12-11-. The average molecular weight is 419 g/mol. The van der Waals surface area contributed by atoms with Crippen LogP contribution in [0.4, 0.5) is 0 Å². The molecule has 0 unspecified atom stereocenters. The van der Waals surface area contributed by atoms with E-state index >= 15 is 0 Å². The minimum Gasteiger partial charge on any atom is -0.504 e. The van der Waals surface area contributed by atoms with Gasteiger partial charge in [-0.2, -0.15) is 0 Å². The van der Waals surface area contributed by atoms with E-state index < -0.39 is 17.3 Å². The van der Waals surface area contributed by atoms with Gasteiger partial charge >= 0.3 is 0 Å². The SMILES string of the molecule is CCCCC/C=C/C/C=C\CCCCCCCC1=C(O)C(=O)C(OC)=C(OC)C1=O. The molecule has 1 aliphatic rings. The number of ether oxygens (including phenoxy) is 2. The van der Waals surface area contributed by atoms with E-state index in [1.54, 1.807) is 0 Å². The van der Waals surface area contributed by atoms with Gasteiger partial charge in [0.2, 0.25) is 17.3 Å². The second kappa shape index (κ2) is 15.5. The van der Waals surface area contributed by atoms with Gasteiger partial charge in [0.25, 0.3) is 5.78 Å². The van der Waals surface area contributed by atoms with Crippen molar-refractivity contribution in [3.05, 3.63) is 47.2 Å². The van der Waals surface area contributed by atoms with Gasteiger partial charge in [-0.3, -0.25) is 9.59 Å². The van der Waals surface area contributed by atoms with Gasteiger partial charge < -0.3 is 14.6 Å². The van der Waals surface area contributed by atoms with E-state index in [2.05, 4.69) is 31.2 Å². The molecule has 30 heavy (non-hydrogen) atoms. The molecule has 1 rings (SSSR count). The average Bonchev–Trinajstić information content (AvgIpc) is 2.75. The van der Waals surface area contributed by atoms with Gasteiger partial charge in [-0.25, -0.2) is 0 Å². The molecule has 0 fully saturated rings.